The van der Waals surface area contributed by atoms with Crippen molar-refractivity contribution in [3.8, 4) is 0 Å². The molecular weight excluding hydrogens is 198 g/mol. The second kappa shape index (κ2) is 8.08. The first-order chi connectivity index (χ1) is 7.83. The van der Waals surface area contributed by atoms with Crippen molar-refractivity contribution >= 4 is 0 Å². The van der Waals surface area contributed by atoms with Crippen molar-refractivity contribution in [3.63, 3.8) is 0 Å². The van der Waals surface area contributed by atoms with Gasteiger partial charge in [-0.2, -0.15) is 0 Å². The Morgan fingerprint density at radius 1 is 1.12 bits per heavy atom. The summed E-state index contributed by atoms with van der Waals surface area (Å²) in [7, 11) is 0. The first-order valence-corrected chi connectivity index (χ1v) is 7.18. The molecule has 0 amide bonds. The summed E-state index contributed by atoms with van der Waals surface area (Å²) in [5, 5.41) is 9.18. The van der Waals surface area contributed by atoms with Crippen LogP contribution in [0.25, 0.3) is 0 Å². The van der Waals surface area contributed by atoms with Crippen LogP contribution in [0.3, 0.4) is 0 Å². The van der Waals surface area contributed by atoms with E-state index in [2.05, 4.69) is 18.7 Å². The van der Waals surface area contributed by atoms with E-state index in [0.29, 0.717) is 6.61 Å². The molecule has 16 heavy (non-hydrogen) atoms. The lowest BCUT2D eigenvalue weighted by Gasteiger charge is -2.39. The predicted octanol–water partition coefficient (Wildman–Crippen LogP) is 3.05. The molecule has 0 aromatic carbocycles. The van der Waals surface area contributed by atoms with Gasteiger partial charge in [0.1, 0.15) is 0 Å². The Labute approximate surface area is 101 Å². The van der Waals surface area contributed by atoms with Crippen LogP contribution >= 0.6 is 0 Å². The zero-order chi connectivity index (χ0) is 11.8. The fraction of sp³-hybridized carbons (Fsp3) is 1.00. The number of rotatable bonds is 7. The van der Waals surface area contributed by atoms with Crippen LogP contribution in [0.15, 0.2) is 0 Å². The van der Waals surface area contributed by atoms with Crippen LogP contribution in [0.1, 0.15) is 58.8 Å². The average Bonchev–Trinajstić information content (AvgIpc) is 2.34. The largest absolute Gasteiger partial charge is 0.395 e. The van der Waals surface area contributed by atoms with Gasteiger partial charge in [0.2, 0.25) is 0 Å². The maximum atomic E-state index is 9.18. The summed E-state index contributed by atoms with van der Waals surface area (Å²) in [5.74, 6) is 0.872. The third kappa shape index (κ3) is 4.06. The number of hydrogen-bond donors (Lipinski definition) is 1. The van der Waals surface area contributed by atoms with Crippen LogP contribution < -0.4 is 0 Å². The Kier molecular flexibility index (Phi) is 7.06. The van der Waals surface area contributed by atoms with Crippen LogP contribution in [-0.4, -0.2) is 35.7 Å². The molecule has 1 N–H and O–H groups in total. The molecule has 1 fully saturated rings. The lowest BCUT2D eigenvalue weighted by Crippen LogP contribution is -2.44. The van der Waals surface area contributed by atoms with Gasteiger partial charge in [0.25, 0.3) is 0 Å². The molecule has 1 aliphatic carbocycles. The van der Waals surface area contributed by atoms with Crippen LogP contribution in [-0.2, 0) is 0 Å². The quantitative estimate of drug-likeness (QED) is 0.722. The first-order valence-electron chi connectivity index (χ1n) is 7.18. The van der Waals surface area contributed by atoms with Gasteiger partial charge in [-0.25, -0.2) is 0 Å². The molecule has 0 spiro atoms. The lowest BCUT2D eigenvalue weighted by atomic mass is 9.82. The fourth-order valence-electron chi connectivity index (χ4n) is 3.08. The highest BCUT2D eigenvalue weighted by atomic mass is 16.3. The van der Waals surface area contributed by atoms with E-state index < -0.39 is 0 Å². The molecule has 0 aromatic heterocycles. The summed E-state index contributed by atoms with van der Waals surface area (Å²) in [4.78, 5) is 2.55. The average molecular weight is 227 g/mol. The normalized spacial score (nSPS) is 26.2. The Bertz CT molecular complexity index is 172. The van der Waals surface area contributed by atoms with E-state index in [1.165, 1.54) is 51.5 Å². The van der Waals surface area contributed by atoms with E-state index in [-0.39, 0.29) is 0 Å². The van der Waals surface area contributed by atoms with E-state index in [1.807, 2.05) is 0 Å². The van der Waals surface area contributed by atoms with Crippen LogP contribution in [0.5, 0.6) is 0 Å². The summed E-state index contributed by atoms with van der Waals surface area (Å²) in [6.07, 6.45) is 9.37. The molecule has 1 rings (SSSR count). The SMILES string of the molecule is CCCCN(CCO)C1CCCCC1CC. The molecule has 0 saturated heterocycles. The zero-order valence-electron chi connectivity index (χ0n) is 11.1. The number of unbranched alkanes of at least 4 members (excludes halogenated alkanes) is 1. The molecule has 2 heteroatoms. The molecule has 96 valence electrons. The van der Waals surface area contributed by atoms with Crippen molar-refractivity contribution in [2.75, 3.05) is 19.7 Å². The number of nitrogens with zero attached hydrogens (tertiary/aromatic N) is 1. The van der Waals surface area contributed by atoms with Crippen molar-refractivity contribution in [2.24, 2.45) is 5.92 Å². The second-order valence-corrected chi connectivity index (χ2v) is 5.13. The van der Waals surface area contributed by atoms with E-state index >= 15 is 0 Å². The van der Waals surface area contributed by atoms with Gasteiger partial charge in [0.05, 0.1) is 6.61 Å². The Morgan fingerprint density at radius 2 is 1.88 bits per heavy atom. The summed E-state index contributed by atoms with van der Waals surface area (Å²) in [6, 6.07) is 0.748. The highest BCUT2D eigenvalue weighted by Gasteiger charge is 2.28. The van der Waals surface area contributed by atoms with Gasteiger partial charge in [-0.05, 0) is 31.7 Å². The topological polar surface area (TPSA) is 23.5 Å². The molecule has 2 nitrogen and oxygen atoms in total. The minimum atomic E-state index is 0.316. The van der Waals surface area contributed by atoms with E-state index in [9.17, 15) is 5.11 Å². The van der Waals surface area contributed by atoms with Gasteiger partial charge >= 0.3 is 0 Å². The molecular formula is C14H29NO. The third-order valence-electron chi connectivity index (χ3n) is 4.05. The van der Waals surface area contributed by atoms with Crippen LogP contribution in [0, 0.1) is 5.92 Å². The molecule has 2 unspecified atom stereocenters. The van der Waals surface area contributed by atoms with Gasteiger partial charge in [-0.1, -0.05) is 39.5 Å². The maximum Gasteiger partial charge on any atom is 0.0558 e. The summed E-state index contributed by atoms with van der Waals surface area (Å²) in [5.41, 5.74) is 0. The minimum Gasteiger partial charge on any atom is -0.395 e. The standard InChI is InChI=1S/C14H29NO/c1-3-5-10-15(11-12-16)14-9-7-6-8-13(14)4-2/h13-14,16H,3-12H2,1-2H3. The predicted molar refractivity (Wildman–Crippen MR) is 69.6 cm³/mol. The van der Waals surface area contributed by atoms with Crippen LogP contribution in [0.4, 0.5) is 0 Å². The van der Waals surface area contributed by atoms with Gasteiger partial charge in [-0.3, -0.25) is 4.90 Å². The highest BCUT2D eigenvalue weighted by molar-refractivity contribution is 4.82. The number of aliphatic hydroxyl groups excluding tert-OH is 1. The molecule has 0 radical (unpaired) electrons. The van der Waals surface area contributed by atoms with Crippen molar-refractivity contribution < 1.29 is 5.11 Å². The lowest BCUT2D eigenvalue weighted by molar-refractivity contribution is 0.0804. The Morgan fingerprint density at radius 3 is 2.50 bits per heavy atom. The number of hydrogen-bond acceptors (Lipinski definition) is 2. The van der Waals surface area contributed by atoms with E-state index in [4.69, 9.17) is 0 Å². The Hall–Kier alpha value is -0.0800. The number of aliphatic hydroxyl groups is 1. The van der Waals surface area contributed by atoms with E-state index in [0.717, 1.165) is 18.5 Å². The van der Waals surface area contributed by atoms with Gasteiger partial charge in [0, 0.05) is 12.6 Å². The molecule has 0 bridgehead atoms. The summed E-state index contributed by atoms with van der Waals surface area (Å²) in [6.45, 7) is 6.94. The highest BCUT2D eigenvalue weighted by Crippen LogP contribution is 2.30. The molecule has 1 aliphatic rings. The first kappa shape index (κ1) is 14.0. The zero-order valence-corrected chi connectivity index (χ0v) is 11.1. The van der Waals surface area contributed by atoms with Crippen molar-refractivity contribution in [1.82, 2.24) is 4.90 Å². The molecule has 0 heterocycles. The summed E-state index contributed by atoms with van der Waals surface area (Å²) >= 11 is 0. The third-order valence-corrected chi connectivity index (χ3v) is 4.05. The van der Waals surface area contributed by atoms with Gasteiger partial charge in [-0.15, -0.1) is 0 Å². The second-order valence-electron chi connectivity index (χ2n) is 5.13. The summed E-state index contributed by atoms with van der Waals surface area (Å²) < 4.78 is 0. The maximum absolute atomic E-state index is 9.18. The Balaban J connectivity index is 2.51. The molecule has 0 aromatic rings. The van der Waals surface area contributed by atoms with E-state index in [1.54, 1.807) is 0 Å². The van der Waals surface area contributed by atoms with Crippen molar-refractivity contribution in [3.05, 3.63) is 0 Å². The fourth-order valence-corrected chi connectivity index (χ4v) is 3.08. The molecule has 0 aliphatic heterocycles. The molecule has 2 atom stereocenters. The van der Waals surface area contributed by atoms with Gasteiger partial charge in [0.15, 0.2) is 0 Å². The monoisotopic (exact) mass is 227 g/mol. The van der Waals surface area contributed by atoms with Crippen molar-refractivity contribution in [2.45, 2.75) is 64.8 Å². The minimum absolute atomic E-state index is 0.316. The van der Waals surface area contributed by atoms with Crippen LogP contribution in [0.2, 0.25) is 0 Å². The molecule has 1 saturated carbocycles. The van der Waals surface area contributed by atoms with Gasteiger partial charge < -0.3 is 5.11 Å². The van der Waals surface area contributed by atoms with Crippen molar-refractivity contribution in [1.29, 1.82) is 0 Å². The smallest absolute Gasteiger partial charge is 0.0558 e.